The molecule has 6 heteroatoms. The Morgan fingerprint density at radius 3 is 2.83 bits per heavy atom. The number of halogens is 3. The van der Waals surface area contributed by atoms with Gasteiger partial charge >= 0.3 is 0 Å². The van der Waals surface area contributed by atoms with E-state index in [0.717, 1.165) is 13.1 Å². The zero-order valence-electron chi connectivity index (χ0n) is 10.2. The van der Waals surface area contributed by atoms with E-state index in [1.54, 1.807) is 6.07 Å². The van der Waals surface area contributed by atoms with Crippen molar-refractivity contribution in [2.24, 2.45) is 0 Å². The van der Waals surface area contributed by atoms with Crippen LogP contribution >= 0.6 is 34.8 Å². The molecule has 0 saturated carbocycles. The second-order valence-corrected chi connectivity index (χ2v) is 5.77. The van der Waals surface area contributed by atoms with Gasteiger partial charge in [0.2, 0.25) is 0 Å². The number of piperidine rings is 1. The third kappa shape index (κ3) is 3.41. The van der Waals surface area contributed by atoms with Gasteiger partial charge in [-0.2, -0.15) is 0 Å². The lowest BCUT2D eigenvalue weighted by molar-refractivity contribution is 0.194. The number of anilines is 1. The first kappa shape index (κ1) is 14.2. The highest BCUT2D eigenvalue weighted by molar-refractivity contribution is 6.42. The van der Waals surface area contributed by atoms with Crippen molar-refractivity contribution in [1.82, 2.24) is 9.88 Å². The predicted molar refractivity (Wildman–Crippen MR) is 78.0 cm³/mol. The second kappa shape index (κ2) is 6.29. The van der Waals surface area contributed by atoms with Crippen LogP contribution in [-0.4, -0.2) is 36.1 Å². The molecule has 1 unspecified atom stereocenters. The molecule has 1 aliphatic rings. The Bertz CT molecular complexity index is 425. The van der Waals surface area contributed by atoms with Gasteiger partial charge in [-0.25, -0.2) is 4.98 Å². The molecule has 1 N–H and O–H groups in total. The summed E-state index contributed by atoms with van der Waals surface area (Å²) in [4.78, 5) is 6.52. The number of likely N-dealkylation sites (N-methyl/N-ethyl adjacent to an activating group) is 1. The van der Waals surface area contributed by atoms with Gasteiger partial charge in [0.15, 0.2) is 0 Å². The maximum absolute atomic E-state index is 6.07. The summed E-state index contributed by atoms with van der Waals surface area (Å²) in [5.41, 5.74) is 0. The summed E-state index contributed by atoms with van der Waals surface area (Å²) in [6.45, 7) is 1.97. The zero-order valence-corrected chi connectivity index (χ0v) is 12.5. The van der Waals surface area contributed by atoms with Crippen LogP contribution in [0.1, 0.15) is 19.3 Å². The molecule has 1 aromatic rings. The molecular weight excluding hydrogens is 293 g/mol. The van der Waals surface area contributed by atoms with Crippen LogP contribution in [0, 0.1) is 0 Å². The SMILES string of the molecule is CN1CCCCC1CNc1nc(Cl)c(Cl)cc1Cl. The van der Waals surface area contributed by atoms with E-state index in [2.05, 4.69) is 22.2 Å². The summed E-state index contributed by atoms with van der Waals surface area (Å²) in [6, 6.07) is 2.14. The van der Waals surface area contributed by atoms with Gasteiger partial charge in [0.25, 0.3) is 0 Å². The number of hydrogen-bond acceptors (Lipinski definition) is 3. The fourth-order valence-corrected chi connectivity index (χ4v) is 2.75. The van der Waals surface area contributed by atoms with Crippen molar-refractivity contribution in [2.75, 3.05) is 25.5 Å². The largest absolute Gasteiger partial charge is 0.367 e. The molecule has 100 valence electrons. The van der Waals surface area contributed by atoms with Crippen LogP contribution in [0.5, 0.6) is 0 Å². The molecule has 0 amide bonds. The molecule has 1 aliphatic heterocycles. The van der Waals surface area contributed by atoms with Crippen LogP contribution < -0.4 is 5.32 Å². The third-order valence-electron chi connectivity index (χ3n) is 3.31. The minimum atomic E-state index is 0.278. The van der Waals surface area contributed by atoms with Gasteiger partial charge in [-0.05, 0) is 32.5 Å². The van der Waals surface area contributed by atoms with Crippen molar-refractivity contribution < 1.29 is 0 Å². The zero-order chi connectivity index (χ0) is 13.1. The summed E-state index contributed by atoms with van der Waals surface area (Å²) in [5.74, 6) is 0.602. The van der Waals surface area contributed by atoms with Crippen LogP contribution in [0.15, 0.2) is 6.07 Å². The molecule has 0 bridgehead atoms. The average molecular weight is 309 g/mol. The van der Waals surface area contributed by atoms with E-state index >= 15 is 0 Å². The van der Waals surface area contributed by atoms with E-state index in [1.807, 2.05) is 0 Å². The summed E-state index contributed by atoms with van der Waals surface area (Å²) < 4.78 is 0. The highest BCUT2D eigenvalue weighted by Gasteiger charge is 2.19. The van der Waals surface area contributed by atoms with Gasteiger partial charge in [0.05, 0.1) is 10.0 Å². The lowest BCUT2D eigenvalue weighted by Crippen LogP contribution is -2.40. The van der Waals surface area contributed by atoms with Gasteiger partial charge in [0.1, 0.15) is 11.0 Å². The first-order chi connectivity index (χ1) is 8.58. The van der Waals surface area contributed by atoms with Crippen LogP contribution in [0.3, 0.4) is 0 Å². The number of aromatic nitrogens is 1. The summed E-state index contributed by atoms with van der Waals surface area (Å²) in [7, 11) is 2.15. The molecule has 1 aromatic heterocycles. The van der Waals surface area contributed by atoms with E-state index in [-0.39, 0.29) is 5.15 Å². The topological polar surface area (TPSA) is 28.2 Å². The molecule has 0 spiro atoms. The Hall–Kier alpha value is -0.220. The molecule has 1 saturated heterocycles. The Kier molecular flexibility index (Phi) is 4.96. The van der Waals surface area contributed by atoms with Gasteiger partial charge in [-0.3, -0.25) is 0 Å². The lowest BCUT2D eigenvalue weighted by atomic mass is 10.0. The Balaban J connectivity index is 1.99. The van der Waals surface area contributed by atoms with Crippen LogP contribution in [0.4, 0.5) is 5.82 Å². The van der Waals surface area contributed by atoms with Crippen molar-refractivity contribution in [3.63, 3.8) is 0 Å². The minimum absolute atomic E-state index is 0.278. The highest BCUT2D eigenvalue weighted by Crippen LogP contribution is 2.29. The number of pyridine rings is 1. The van der Waals surface area contributed by atoms with E-state index in [9.17, 15) is 0 Å². The lowest BCUT2D eigenvalue weighted by Gasteiger charge is -2.32. The Morgan fingerprint density at radius 2 is 2.11 bits per heavy atom. The number of nitrogens with zero attached hydrogens (tertiary/aromatic N) is 2. The molecule has 0 aromatic carbocycles. The Morgan fingerprint density at radius 1 is 1.33 bits per heavy atom. The molecule has 0 radical (unpaired) electrons. The van der Waals surface area contributed by atoms with Crippen molar-refractivity contribution in [3.05, 3.63) is 21.3 Å². The summed E-state index contributed by atoms with van der Waals surface area (Å²) >= 11 is 17.8. The van der Waals surface area contributed by atoms with Crippen molar-refractivity contribution in [1.29, 1.82) is 0 Å². The maximum Gasteiger partial charge on any atom is 0.150 e. The molecular formula is C12H16Cl3N3. The standard InChI is InChI=1S/C12H16Cl3N3/c1-18-5-3-2-4-8(18)7-16-12-10(14)6-9(13)11(15)17-12/h6,8H,2-5,7H2,1H3,(H,16,17). The predicted octanol–water partition coefficient (Wildman–Crippen LogP) is 3.94. The highest BCUT2D eigenvalue weighted by atomic mass is 35.5. The molecule has 2 heterocycles. The Labute approximate surface area is 122 Å². The average Bonchev–Trinajstić information content (AvgIpc) is 2.34. The van der Waals surface area contributed by atoms with Crippen molar-refractivity contribution >= 4 is 40.6 Å². The summed E-state index contributed by atoms with van der Waals surface area (Å²) in [6.07, 6.45) is 3.75. The molecule has 1 atom stereocenters. The van der Waals surface area contributed by atoms with Gasteiger partial charge < -0.3 is 10.2 Å². The fourth-order valence-electron chi connectivity index (χ4n) is 2.18. The van der Waals surface area contributed by atoms with Crippen molar-refractivity contribution in [3.8, 4) is 0 Å². The quantitative estimate of drug-likeness (QED) is 0.857. The number of rotatable bonds is 3. The number of hydrogen-bond donors (Lipinski definition) is 1. The van der Waals surface area contributed by atoms with Gasteiger partial charge in [-0.1, -0.05) is 41.2 Å². The first-order valence-electron chi connectivity index (χ1n) is 6.03. The fraction of sp³-hybridized carbons (Fsp3) is 0.583. The van der Waals surface area contributed by atoms with Gasteiger partial charge in [0, 0.05) is 12.6 Å². The van der Waals surface area contributed by atoms with Crippen LogP contribution in [-0.2, 0) is 0 Å². The van der Waals surface area contributed by atoms with Crippen LogP contribution in [0.25, 0.3) is 0 Å². The molecule has 18 heavy (non-hydrogen) atoms. The molecule has 2 rings (SSSR count). The normalized spacial score (nSPS) is 21.0. The molecule has 3 nitrogen and oxygen atoms in total. The van der Waals surface area contributed by atoms with E-state index in [0.29, 0.717) is 21.9 Å². The van der Waals surface area contributed by atoms with Crippen molar-refractivity contribution in [2.45, 2.75) is 25.3 Å². The molecule has 0 aliphatic carbocycles. The molecule has 1 fully saturated rings. The van der Waals surface area contributed by atoms with Gasteiger partial charge in [-0.15, -0.1) is 0 Å². The smallest absolute Gasteiger partial charge is 0.150 e. The third-order valence-corrected chi connectivity index (χ3v) is 4.27. The second-order valence-electron chi connectivity index (χ2n) is 4.60. The minimum Gasteiger partial charge on any atom is -0.367 e. The van der Waals surface area contributed by atoms with E-state index in [1.165, 1.54) is 19.3 Å². The van der Waals surface area contributed by atoms with E-state index in [4.69, 9.17) is 34.8 Å². The summed E-state index contributed by atoms with van der Waals surface area (Å²) in [5, 5.41) is 4.41. The maximum atomic E-state index is 6.07. The van der Waals surface area contributed by atoms with Crippen LogP contribution in [0.2, 0.25) is 15.2 Å². The monoisotopic (exact) mass is 307 g/mol. The number of likely N-dealkylation sites (tertiary alicyclic amines) is 1. The first-order valence-corrected chi connectivity index (χ1v) is 7.17. The number of nitrogens with one attached hydrogen (secondary N) is 1. The van der Waals surface area contributed by atoms with E-state index < -0.39 is 0 Å².